The summed E-state index contributed by atoms with van der Waals surface area (Å²) in [7, 11) is 1.31. The van der Waals surface area contributed by atoms with Crippen LogP contribution in [0, 0.1) is 0 Å². The smallest absolute Gasteiger partial charge is 0.331 e. The minimum Gasteiger partial charge on any atom is -0.506 e. The van der Waals surface area contributed by atoms with E-state index in [2.05, 4.69) is 10.1 Å². The van der Waals surface area contributed by atoms with E-state index in [1.165, 1.54) is 13.2 Å². The molecule has 80 valence electrons. The molecule has 1 heterocycles. The molecule has 0 spiro atoms. The first-order valence-corrected chi connectivity index (χ1v) is 4.51. The molecular weight excluding hydrogens is 198 g/mol. The monoisotopic (exact) mass is 209 g/mol. The van der Waals surface area contributed by atoms with E-state index in [-0.39, 0.29) is 12.4 Å². The maximum Gasteiger partial charge on any atom is 0.331 e. The van der Waals surface area contributed by atoms with Crippen molar-refractivity contribution in [2.75, 3.05) is 19.0 Å². The summed E-state index contributed by atoms with van der Waals surface area (Å²) in [5.74, 6) is 0.181. The molecule has 0 aromatic heterocycles. The van der Waals surface area contributed by atoms with Crippen LogP contribution in [0.2, 0.25) is 0 Å². The normalized spacial score (nSPS) is 18.3. The quantitative estimate of drug-likeness (QED) is 0.527. The van der Waals surface area contributed by atoms with Gasteiger partial charge in [0.25, 0.3) is 0 Å². The maximum absolute atomic E-state index is 11.2. The zero-order chi connectivity index (χ0) is 10.8. The second-order valence-corrected chi connectivity index (χ2v) is 3.18. The number of benzene rings is 1. The number of nitrogens with one attached hydrogen (secondary N) is 1. The fourth-order valence-electron chi connectivity index (χ4n) is 1.44. The predicted octanol–water partition coefficient (Wildman–Crippen LogP) is 0.738. The molecule has 0 bridgehead atoms. The van der Waals surface area contributed by atoms with E-state index in [0.717, 1.165) is 0 Å². The number of rotatable bonds is 1. The summed E-state index contributed by atoms with van der Waals surface area (Å²) < 4.78 is 9.90. The summed E-state index contributed by atoms with van der Waals surface area (Å²) in [6.45, 7) is 0.198. The minimum atomic E-state index is -0.573. The molecule has 1 aliphatic rings. The summed E-state index contributed by atoms with van der Waals surface area (Å²) in [5, 5.41) is 12.4. The van der Waals surface area contributed by atoms with Gasteiger partial charge in [-0.25, -0.2) is 4.79 Å². The van der Waals surface area contributed by atoms with Crippen LogP contribution in [0.5, 0.6) is 11.5 Å². The van der Waals surface area contributed by atoms with Crippen molar-refractivity contribution in [2.24, 2.45) is 0 Å². The molecule has 5 nitrogen and oxygen atoms in total. The van der Waals surface area contributed by atoms with Crippen LogP contribution in [0.4, 0.5) is 5.69 Å². The van der Waals surface area contributed by atoms with Crippen molar-refractivity contribution in [2.45, 2.75) is 6.04 Å². The molecule has 1 aromatic carbocycles. The van der Waals surface area contributed by atoms with Crippen molar-refractivity contribution in [1.29, 1.82) is 0 Å². The number of hydrogen-bond donors (Lipinski definition) is 2. The van der Waals surface area contributed by atoms with Gasteiger partial charge in [0.05, 0.1) is 7.11 Å². The number of anilines is 1. The van der Waals surface area contributed by atoms with Crippen LogP contribution >= 0.6 is 0 Å². The van der Waals surface area contributed by atoms with Crippen LogP contribution in [-0.4, -0.2) is 30.8 Å². The Hall–Kier alpha value is -1.91. The van der Waals surface area contributed by atoms with E-state index in [1.807, 2.05) is 0 Å². The van der Waals surface area contributed by atoms with Crippen LogP contribution in [0.25, 0.3) is 0 Å². The highest BCUT2D eigenvalue weighted by Crippen LogP contribution is 2.36. The van der Waals surface area contributed by atoms with Gasteiger partial charge in [0, 0.05) is 0 Å². The first-order chi connectivity index (χ1) is 7.22. The highest BCUT2D eigenvalue weighted by Gasteiger charge is 2.27. The van der Waals surface area contributed by atoms with Crippen molar-refractivity contribution >= 4 is 11.7 Å². The zero-order valence-electron chi connectivity index (χ0n) is 8.19. The van der Waals surface area contributed by atoms with Gasteiger partial charge in [0.1, 0.15) is 23.8 Å². The van der Waals surface area contributed by atoms with Crippen molar-refractivity contribution in [3.8, 4) is 11.5 Å². The molecule has 2 N–H and O–H groups in total. The average Bonchev–Trinajstić information content (AvgIpc) is 2.28. The van der Waals surface area contributed by atoms with Crippen LogP contribution < -0.4 is 10.1 Å². The summed E-state index contributed by atoms with van der Waals surface area (Å²) in [6.07, 6.45) is 0. The summed E-state index contributed by atoms with van der Waals surface area (Å²) in [6, 6.07) is 4.34. The second-order valence-electron chi connectivity index (χ2n) is 3.18. The zero-order valence-corrected chi connectivity index (χ0v) is 8.19. The van der Waals surface area contributed by atoms with Gasteiger partial charge < -0.3 is 19.9 Å². The lowest BCUT2D eigenvalue weighted by atomic mass is 10.2. The first-order valence-electron chi connectivity index (χ1n) is 4.51. The lowest BCUT2D eigenvalue weighted by Crippen LogP contribution is -2.39. The number of ether oxygens (including phenoxy) is 2. The van der Waals surface area contributed by atoms with E-state index >= 15 is 0 Å². The number of phenols is 1. The largest absolute Gasteiger partial charge is 0.506 e. The fourth-order valence-corrected chi connectivity index (χ4v) is 1.44. The number of fused-ring (bicyclic) bond motifs is 1. The van der Waals surface area contributed by atoms with Gasteiger partial charge in [-0.2, -0.15) is 0 Å². The molecule has 0 radical (unpaired) electrons. The number of aromatic hydroxyl groups is 1. The predicted molar refractivity (Wildman–Crippen MR) is 53.0 cm³/mol. The standard InChI is InChI=1S/C10H11NO4/c1-14-10(13)6-5-15-8-4-2-3-7(12)9(8)11-6/h2-4,6,11-12H,5H2,1H3. The van der Waals surface area contributed by atoms with Crippen LogP contribution in [0.1, 0.15) is 0 Å². The second kappa shape index (κ2) is 3.68. The van der Waals surface area contributed by atoms with Gasteiger partial charge in [-0.15, -0.1) is 0 Å². The molecule has 2 rings (SSSR count). The van der Waals surface area contributed by atoms with Gasteiger partial charge in [-0.1, -0.05) is 6.07 Å². The molecule has 15 heavy (non-hydrogen) atoms. The van der Waals surface area contributed by atoms with Crippen molar-refractivity contribution in [3.63, 3.8) is 0 Å². The van der Waals surface area contributed by atoms with Gasteiger partial charge >= 0.3 is 5.97 Å². The fraction of sp³-hybridized carbons (Fsp3) is 0.300. The Morgan fingerprint density at radius 1 is 1.67 bits per heavy atom. The lowest BCUT2D eigenvalue weighted by molar-refractivity contribution is -0.142. The number of methoxy groups -OCH3 is 1. The van der Waals surface area contributed by atoms with E-state index in [0.29, 0.717) is 11.4 Å². The van der Waals surface area contributed by atoms with Crippen molar-refractivity contribution < 1.29 is 19.4 Å². The molecule has 0 saturated heterocycles. The maximum atomic E-state index is 11.2. The van der Waals surface area contributed by atoms with Crippen LogP contribution in [-0.2, 0) is 9.53 Å². The Balaban J connectivity index is 2.26. The third kappa shape index (κ3) is 1.68. The van der Waals surface area contributed by atoms with E-state index in [9.17, 15) is 9.90 Å². The molecule has 1 unspecified atom stereocenters. The molecule has 1 atom stereocenters. The Bertz CT molecular complexity index is 391. The molecule has 0 saturated carbocycles. The molecule has 0 fully saturated rings. The third-order valence-corrected chi connectivity index (χ3v) is 2.21. The Labute approximate surface area is 86.6 Å². The van der Waals surface area contributed by atoms with Crippen LogP contribution in [0.15, 0.2) is 18.2 Å². The van der Waals surface area contributed by atoms with E-state index in [4.69, 9.17) is 4.74 Å². The highest BCUT2D eigenvalue weighted by atomic mass is 16.5. The first kappa shape index (κ1) is 9.64. The molecule has 0 amide bonds. The molecule has 0 aliphatic carbocycles. The van der Waals surface area contributed by atoms with E-state index in [1.54, 1.807) is 12.1 Å². The number of esters is 1. The van der Waals surface area contributed by atoms with Crippen LogP contribution in [0.3, 0.4) is 0 Å². The summed E-state index contributed by atoms with van der Waals surface area (Å²) in [5.41, 5.74) is 0.430. The number of hydrogen-bond acceptors (Lipinski definition) is 5. The molecule has 1 aliphatic heterocycles. The Kier molecular flexibility index (Phi) is 2.37. The van der Waals surface area contributed by atoms with Gasteiger partial charge in [0.2, 0.25) is 0 Å². The topological polar surface area (TPSA) is 67.8 Å². The molecule has 1 aromatic rings. The Morgan fingerprint density at radius 2 is 2.47 bits per heavy atom. The Morgan fingerprint density at radius 3 is 3.20 bits per heavy atom. The minimum absolute atomic E-state index is 0.0566. The lowest BCUT2D eigenvalue weighted by Gasteiger charge is -2.25. The summed E-state index contributed by atoms with van der Waals surface area (Å²) in [4.78, 5) is 11.2. The van der Waals surface area contributed by atoms with E-state index < -0.39 is 12.0 Å². The number of carbonyl (C=O) groups excluding carboxylic acids is 1. The SMILES string of the molecule is COC(=O)C1COc2cccc(O)c2N1. The summed E-state index contributed by atoms with van der Waals surface area (Å²) >= 11 is 0. The average molecular weight is 209 g/mol. The number of para-hydroxylation sites is 1. The van der Waals surface area contributed by atoms with Gasteiger partial charge in [-0.3, -0.25) is 0 Å². The van der Waals surface area contributed by atoms with Gasteiger partial charge in [-0.05, 0) is 12.1 Å². The highest BCUT2D eigenvalue weighted by molar-refractivity contribution is 5.82. The number of phenolic OH excluding ortho intramolecular Hbond substituents is 1. The third-order valence-electron chi connectivity index (χ3n) is 2.21. The van der Waals surface area contributed by atoms with Gasteiger partial charge in [0.15, 0.2) is 6.04 Å². The molecular formula is C10H11NO4. The van der Waals surface area contributed by atoms with Crippen molar-refractivity contribution in [1.82, 2.24) is 0 Å². The number of carbonyl (C=O) groups is 1. The van der Waals surface area contributed by atoms with Crippen molar-refractivity contribution in [3.05, 3.63) is 18.2 Å². The molecule has 5 heteroatoms.